The molecule has 1 aromatic rings. The zero-order valence-electron chi connectivity index (χ0n) is 8.92. The van der Waals surface area contributed by atoms with Crippen molar-refractivity contribution >= 4 is 11.3 Å². The second kappa shape index (κ2) is 4.43. The van der Waals surface area contributed by atoms with Gasteiger partial charge in [-0.15, -0.1) is 11.3 Å². The summed E-state index contributed by atoms with van der Waals surface area (Å²) in [4.78, 5) is 4.16. The monoisotopic (exact) mass is 210 g/mol. The van der Waals surface area contributed by atoms with E-state index in [1.165, 1.54) is 13.0 Å². The predicted molar refractivity (Wildman–Crippen MR) is 61.8 cm³/mol. The standard InChI is InChI=1S/C11H18N2S/c1-9(7-12-2)13-5-3-11-10(8-13)4-6-14-11/h4,6,9,12H,3,5,7-8H2,1-2H3. The Balaban J connectivity index is 2.00. The van der Waals surface area contributed by atoms with Gasteiger partial charge in [0.2, 0.25) is 0 Å². The van der Waals surface area contributed by atoms with Gasteiger partial charge in [-0.2, -0.15) is 0 Å². The number of nitrogens with one attached hydrogen (secondary N) is 1. The molecule has 0 saturated heterocycles. The van der Waals surface area contributed by atoms with Crippen LogP contribution in [0.2, 0.25) is 0 Å². The molecule has 0 bridgehead atoms. The highest BCUT2D eigenvalue weighted by Gasteiger charge is 2.20. The first-order valence-electron chi connectivity index (χ1n) is 5.25. The van der Waals surface area contributed by atoms with E-state index in [-0.39, 0.29) is 0 Å². The molecule has 2 rings (SSSR count). The van der Waals surface area contributed by atoms with Crippen LogP contribution in [0.25, 0.3) is 0 Å². The lowest BCUT2D eigenvalue weighted by Gasteiger charge is -2.32. The van der Waals surface area contributed by atoms with Crippen LogP contribution in [0.1, 0.15) is 17.4 Å². The van der Waals surface area contributed by atoms with Crippen molar-refractivity contribution in [2.24, 2.45) is 0 Å². The first kappa shape index (κ1) is 10.1. The molecule has 1 unspecified atom stereocenters. The second-order valence-corrected chi connectivity index (χ2v) is 5.00. The Morgan fingerprint density at radius 1 is 1.64 bits per heavy atom. The minimum absolute atomic E-state index is 0.646. The van der Waals surface area contributed by atoms with E-state index in [4.69, 9.17) is 0 Å². The maximum Gasteiger partial charge on any atom is 0.0248 e. The molecule has 0 amide bonds. The quantitative estimate of drug-likeness (QED) is 0.817. The SMILES string of the molecule is CNCC(C)N1CCc2sccc2C1. The maximum absolute atomic E-state index is 3.24. The van der Waals surface area contributed by atoms with Gasteiger partial charge in [0.15, 0.2) is 0 Å². The normalized spacial score (nSPS) is 19.3. The Morgan fingerprint density at radius 3 is 3.29 bits per heavy atom. The third-order valence-electron chi connectivity index (χ3n) is 2.96. The summed E-state index contributed by atoms with van der Waals surface area (Å²) in [6.07, 6.45) is 1.24. The number of thiophene rings is 1. The lowest BCUT2D eigenvalue weighted by Crippen LogP contribution is -2.41. The molecule has 0 spiro atoms. The summed E-state index contributed by atoms with van der Waals surface area (Å²) in [6.45, 7) is 5.74. The number of hydrogen-bond acceptors (Lipinski definition) is 3. The highest BCUT2D eigenvalue weighted by atomic mass is 32.1. The highest BCUT2D eigenvalue weighted by Crippen LogP contribution is 2.24. The predicted octanol–water partition coefficient (Wildman–Crippen LogP) is 1.71. The molecule has 1 N–H and O–H groups in total. The van der Waals surface area contributed by atoms with E-state index in [1.54, 1.807) is 10.4 Å². The van der Waals surface area contributed by atoms with Gasteiger partial charge in [-0.25, -0.2) is 0 Å². The average molecular weight is 210 g/mol. The molecule has 0 fully saturated rings. The van der Waals surface area contributed by atoms with Crippen LogP contribution >= 0.6 is 11.3 Å². The zero-order valence-corrected chi connectivity index (χ0v) is 9.73. The topological polar surface area (TPSA) is 15.3 Å². The number of hydrogen-bond donors (Lipinski definition) is 1. The fourth-order valence-electron chi connectivity index (χ4n) is 2.07. The fourth-order valence-corrected chi connectivity index (χ4v) is 2.96. The first-order valence-corrected chi connectivity index (χ1v) is 6.13. The smallest absolute Gasteiger partial charge is 0.0248 e. The van der Waals surface area contributed by atoms with Crippen molar-refractivity contribution in [2.75, 3.05) is 20.1 Å². The van der Waals surface area contributed by atoms with Gasteiger partial charge in [-0.3, -0.25) is 4.90 Å². The molecular weight excluding hydrogens is 192 g/mol. The third-order valence-corrected chi connectivity index (χ3v) is 3.98. The van der Waals surface area contributed by atoms with E-state index in [0.29, 0.717) is 6.04 Å². The number of nitrogens with zero attached hydrogens (tertiary/aromatic N) is 1. The van der Waals surface area contributed by atoms with Crippen LogP contribution in [0.15, 0.2) is 11.4 Å². The molecule has 14 heavy (non-hydrogen) atoms. The molecule has 1 aliphatic rings. The summed E-state index contributed by atoms with van der Waals surface area (Å²) in [7, 11) is 2.02. The molecular formula is C11H18N2S. The van der Waals surface area contributed by atoms with Crippen LogP contribution in [0.5, 0.6) is 0 Å². The van der Waals surface area contributed by atoms with Crippen molar-refractivity contribution < 1.29 is 0 Å². The van der Waals surface area contributed by atoms with Crippen LogP contribution in [0.3, 0.4) is 0 Å². The molecule has 0 radical (unpaired) electrons. The second-order valence-electron chi connectivity index (χ2n) is 4.00. The van der Waals surface area contributed by atoms with Gasteiger partial charge in [0.1, 0.15) is 0 Å². The summed E-state index contributed by atoms with van der Waals surface area (Å²) in [5.74, 6) is 0. The molecule has 0 aliphatic carbocycles. The summed E-state index contributed by atoms with van der Waals surface area (Å²) in [6, 6.07) is 2.92. The van der Waals surface area contributed by atoms with Crippen LogP contribution in [-0.2, 0) is 13.0 Å². The lowest BCUT2D eigenvalue weighted by molar-refractivity contribution is 0.190. The van der Waals surface area contributed by atoms with Crippen LogP contribution < -0.4 is 5.32 Å². The van der Waals surface area contributed by atoms with E-state index in [9.17, 15) is 0 Å². The van der Waals surface area contributed by atoms with Crippen molar-refractivity contribution in [1.82, 2.24) is 10.2 Å². The molecule has 1 aromatic heterocycles. The average Bonchev–Trinajstić information content (AvgIpc) is 2.64. The van der Waals surface area contributed by atoms with Crippen LogP contribution in [0.4, 0.5) is 0 Å². The minimum atomic E-state index is 0.646. The lowest BCUT2D eigenvalue weighted by atomic mass is 10.1. The Hall–Kier alpha value is -0.380. The van der Waals surface area contributed by atoms with Gasteiger partial charge in [0.05, 0.1) is 0 Å². The molecule has 2 nitrogen and oxygen atoms in total. The molecule has 3 heteroatoms. The van der Waals surface area contributed by atoms with E-state index in [1.807, 2.05) is 18.4 Å². The van der Waals surface area contributed by atoms with Crippen molar-refractivity contribution in [3.8, 4) is 0 Å². The van der Waals surface area contributed by atoms with Gasteiger partial charge in [0.25, 0.3) is 0 Å². The summed E-state index contributed by atoms with van der Waals surface area (Å²) >= 11 is 1.91. The molecule has 1 aliphatic heterocycles. The minimum Gasteiger partial charge on any atom is -0.318 e. The largest absolute Gasteiger partial charge is 0.318 e. The van der Waals surface area contributed by atoms with Gasteiger partial charge in [-0.1, -0.05) is 0 Å². The van der Waals surface area contributed by atoms with Crippen molar-refractivity contribution in [1.29, 1.82) is 0 Å². The maximum atomic E-state index is 3.24. The first-order chi connectivity index (χ1) is 6.81. The van der Waals surface area contributed by atoms with Gasteiger partial charge >= 0.3 is 0 Å². The van der Waals surface area contributed by atoms with E-state index in [0.717, 1.165) is 13.1 Å². The molecule has 1 atom stereocenters. The highest BCUT2D eigenvalue weighted by molar-refractivity contribution is 7.10. The fraction of sp³-hybridized carbons (Fsp3) is 0.636. The zero-order chi connectivity index (χ0) is 9.97. The molecule has 0 saturated carbocycles. The number of likely N-dealkylation sites (N-methyl/N-ethyl adjacent to an activating group) is 1. The van der Waals surface area contributed by atoms with Crippen molar-refractivity contribution in [2.45, 2.75) is 25.9 Å². The van der Waals surface area contributed by atoms with Crippen LogP contribution in [0, 0.1) is 0 Å². The van der Waals surface area contributed by atoms with E-state index >= 15 is 0 Å². The molecule has 2 heterocycles. The van der Waals surface area contributed by atoms with Gasteiger partial charge in [-0.05, 0) is 37.4 Å². The number of fused-ring (bicyclic) bond motifs is 1. The Labute approximate surface area is 89.9 Å². The molecule has 78 valence electrons. The Bertz CT molecular complexity index is 295. The van der Waals surface area contributed by atoms with E-state index in [2.05, 4.69) is 28.6 Å². The summed E-state index contributed by atoms with van der Waals surface area (Å²) < 4.78 is 0. The molecule has 0 aromatic carbocycles. The van der Waals surface area contributed by atoms with Crippen molar-refractivity contribution in [3.63, 3.8) is 0 Å². The van der Waals surface area contributed by atoms with E-state index < -0.39 is 0 Å². The summed E-state index contributed by atoms with van der Waals surface area (Å²) in [5, 5.41) is 5.46. The van der Waals surface area contributed by atoms with Crippen LogP contribution in [-0.4, -0.2) is 31.1 Å². The summed E-state index contributed by atoms with van der Waals surface area (Å²) in [5.41, 5.74) is 1.55. The third kappa shape index (κ3) is 2.00. The Morgan fingerprint density at radius 2 is 2.50 bits per heavy atom. The Kier molecular flexibility index (Phi) is 3.21. The van der Waals surface area contributed by atoms with Crippen molar-refractivity contribution in [3.05, 3.63) is 21.9 Å². The van der Waals surface area contributed by atoms with Gasteiger partial charge < -0.3 is 5.32 Å². The van der Waals surface area contributed by atoms with Gasteiger partial charge in [0, 0.05) is 30.6 Å². The number of rotatable bonds is 3.